The maximum Gasteiger partial charge on any atom is 0.173 e. The van der Waals surface area contributed by atoms with Crippen molar-refractivity contribution in [2.45, 2.75) is 25.7 Å². The van der Waals surface area contributed by atoms with Gasteiger partial charge in [0.25, 0.3) is 0 Å². The van der Waals surface area contributed by atoms with E-state index in [0.717, 1.165) is 60.7 Å². The van der Waals surface area contributed by atoms with Crippen molar-refractivity contribution in [3.8, 4) is 16.9 Å². The highest BCUT2D eigenvalue weighted by Crippen LogP contribution is 2.37. The second kappa shape index (κ2) is 12.4. The second-order valence-electron chi connectivity index (χ2n) is 12.0. The summed E-state index contributed by atoms with van der Waals surface area (Å²) >= 11 is 0. The first-order valence-electron chi connectivity index (χ1n) is 16.2. The molecular formula is C41H35N5. The first kappa shape index (κ1) is 28.0. The molecule has 1 unspecified atom stereocenters. The average molecular weight is 598 g/mol. The van der Waals surface area contributed by atoms with E-state index in [1.54, 1.807) is 0 Å². The summed E-state index contributed by atoms with van der Waals surface area (Å²) in [4.78, 5) is 16.6. The number of fused-ring (bicyclic) bond motifs is 4. The molecular weight excluding hydrogens is 562 g/mol. The molecule has 0 N–H and O–H groups in total. The fraction of sp³-hybridized carbons (Fsp3) is 0.146. The lowest BCUT2D eigenvalue weighted by molar-refractivity contribution is 0.657. The predicted octanol–water partition coefficient (Wildman–Crippen LogP) is 10.1. The van der Waals surface area contributed by atoms with E-state index in [1.807, 2.05) is 18.5 Å². The minimum absolute atomic E-state index is 0.462. The van der Waals surface area contributed by atoms with Crippen LogP contribution in [0.25, 0.3) is 38.8 Å². The molecule has 0 bridgehead atoms. The Hall–Kier alpha value is -5.55. The molecule has 5 heteroatoms. The van der Waals surface area contributed by atoms with E-state index in [1.165, 1.54) is 33.2 Å². The first-order chi connectivity index (χ1) is 22.8. The van der Waals surface area contributed by atoms with E-state index in [9.17, 15) is 0 Å². The molecule has 0 radical (unpaired) electrons. The number of rotatable bonds is 6. The van der Waals surface area contributed by atoms with Gasteiger partial charge >= 0.3 is 0 Å². The summed E-state index contributed by atoms with van der Waals surface area (Å²) < 4.78 is 2.37. The molecule has 1 aliphatic heterocycles. The summed E-state index contributed by atoms with van der Waals surface area (Å²) in [5, 5.41) is 2.49. The van der Waals surface area contributed by atoms with Crippen molar-refractivity contribution in [1.29, 1.82) is 0 Å². The Morgan fingerprint density at radius 2 is 1.61 bits per heavy atom. The van der Waals surface area contributed by atoms with E-state index in [4.69, 9.17) is 4.98 Å². The molecule has 8 rings (SSSR count). The first-order valence-corrected chi connectivity index (χ1v) is 16.2. The van der Waals surface area contributed by atoms with Crippen LogP contribution in [0.3, 0.4) is 0 Å². The molecule has 0 amide bonds. The SMILES string of the molecule is C1=CCC(CN(c2ccccc2)c2ccc3c(c2)c2ccccc2n3-c2ccc(-c3cnc4c(n3)CCC/C=C\C=N4)cc2)C=C1. The van der Waals surface area contributed by atoms with Crippen LogP contribution in [0.5, 0.6) is 0 Å². The van der Waals surface area contributed by atoms with Crippen molar-refractivity contribution in [3.63, 3.8) is 0 Å². The maximum atomic E-state index is 4.99. The minimum Gasteiger partial charge on any atom is -0.341 e. The summed E-state index contributed by atoms with van der Waals surface area (Å²) in [5.41, 5.74) is 8.80. The number of hydrogen-bond acceptors (Lipinski definition) is 4. The Morgan fingerprint density at radius 3 is 2.48 bits per heavy atom. The Bertz CT molecular complexity index is 2130. The molecule has 0 saturated carbocycles. The fourth-order valence-electron chi connectivity index (χ4n) is 6.65. The Kier molecular flexibility index (Phi) is 7.57. The van der Waals surface area contributed by atoms with E-state index < -0.39 is 0 Å². The van der Waals surface area contributed by atoms with Crippen LogP contribution in [0.15, 0.2) is 145 Å². The van der Waals surface area contributed by atoms with E-state index in [2.05, 4.69) is 147 Å². The van der Waals surface area contributed by atoms with Crippen LogP contribution in [0.2, 0.25) is 0 Å². The highest BCUT2D eigenvalue weighted by Gasteiger charge is 2.19. The van der Waals surface area contributed by atoms with Gasteiger partial charge in [0.05, 0.1) is 28.6 Å². The monoisotopic (exact) mass is 597 g/mol. The number of aliphatic imine (C=N–C) groups is 1. The average Bonchev–Trinajstić information content (AvgIpc) is 3.50. The molecule has 6 aromatic rings. The summed E-state index contributed by atoms with van der Waals surface area (Å²) in [6, 6.07) is 35.1. The molecule has 3 heterocycles. The van der Waals surface area contributed by atoms with Crippen LogP contribution >= 0.6 is 0 Å². The third-order valence-corrected chi connectivity index (χ3v) is 8.97. The normalized spacial score (nSPS) is 16.6. The van der Waals surface area contributed by atoms with Gasteiger partial charge in [0.2, 0.25) is 0 Å². The number of para-hydroxylation sites is 2. The lowest BCUT2D eigenvalue weighted by atomic mass is 9.99. The van der Waals surface area contributed by atoms with Crippen molar-refractivity contribution in [1.82, 2.24) is 14.5 Å². The number of nitrogens with zero attached hydrogens (tertiary/aromatic N) is 5. The molecule has 2 aliphatic rings. The van der Waals surface area contributed by atoms with Gasteiger partial charge in [0, 0.05) is 46.2 Å². The molecule has 4 aromatic carbocycles. The molecule has 5 nitrogen and oxygen atoms in total. The molecule has 1 atom stereocenters. The zero-order valence-corrected chi connectivity index (χ0v) is 25.7. The van der Waals surface area contributed by atoms with Crippen molar-refractivity contribution in [2.24, 2.45) is 10.9 Å². The number of aryl methyl sites for hydroxylation is 1. The van der Waals surface area contributed by atoms with Gasteiger partial charge < -0.3 is 9.47 Å². The summed E-state index contributed by atoms with van der Waals surface area (Å²) in [5.74, 6) is 1.18. The second-order valence-corrected chi connectivity index (χ2v) is 12.0. The van der Waals surface area contributed by atoms with Gasteiger partial charge in [-0.05, 0) is 86.2 Å². The zero-order chi connectivity index (χ0) is 30.7. The zero-order valence-electron chi connectivity index (χ0n) is 25.7. The van der Waals surface area contributed by atoms with E-state index in [-0.39, 0.29) is 0 Å². The Morgan fingerprint density at radius 1 is 0.761 bits per heavy atom. The lowest BCUT2D eigenvalue weighted by Crippen LogP contribution is -2.24. The number of allylic oxidation sites excluding steroid dienone is 5. The van der Waals surface area contributed by atoms with Gasteiger partial charge in [-0.1, -0.05) is 78.9 Å². The Balaban J connectivity index is 1.17. The van der Waals surface area contributed by atoms with E-state index >= 15 is 0 Å². The standard InChI is InChI=1S/C41H35N5/c1-2-12-26-42-41-37(18-9-1)44-38(28-43-41)31-20-22-33(23-21-31)46-39-19-11-10-17-35(39)36-27-34(24-25-40(36)46)45(32-15-7-4-8-16-32)29-30-13-5-3-6-14-30/h2-8,10-13,15-17,19-28,30H,1,9,14,18,29H2/b12-2-,42-26?. The van der Waals surface area contributed by atoms with Gasteiger partial charge in [-0.25, -0.2) is 15.0 Å². The van der Waals surface area contributed by atoms with Gasteiger partial charge in [0.1, 0.15) is 0 Å². The van der Waals surface area contributed by atoms with Crippen LogP contribution in [-0.2, 0) is 6.42 Å². The van der Waals surface area contributed by atoms with E-state index in [0.29, 0.717) is 5.92 Å². The topological polar surface area (TPSA) is 46.3 Å². The molecule has 2 aromatic heterocycles. The number of hydrogen-bond donors (Lipinski definition) is 0. The highest BCUT2D eigenvalue weighted by molar-refractivity contribution is 6.10. The fourth-order valence-corrected chi connectivity index (χ4v) is 6.65. The quantitative estimate of drug-likeness (QED) is 0.192. The van der Waals surface area contributed by atoms with Crippen LogP contribution in [0, 0.1) is 5.92 Å². The molecule has 1 aliphatic carbocycles. The summed E-state index contributed by atoms with van der Waals surface area (Å²) in [7, 11) is 0. The maximum absolute atomic E-state index is 4.99. The van der Waals surface area contributed by atoms with Gasteiger partial charge in [0.15, 0.2) is 5.82 Å². The molecule has 0 fully saturated rings. The van der Waals surface area contributed by atoms with Crippen LogP contribution in [-0.4, -0.2) is 27.3 Å². The molecule has 0 saturated heterocycles. The van der Waals surface area contributed by atoms with Crippen molar-refractivity contribution >= 4 is 45.2 Å². The minimum atomic E-state index is 0.462. The van der Waals surface area contributed by atoms with Gasteiger partial charge in [-0.15, -0.1) is 0 Å². The number of benzene rings is 4. The smallest absolute Gasteiger partial charge is 0.173 e. The summed E-state index contributed by atoms with van der Waals surface area (Å²) in [6.07, 6.45) is 20.7. The van der Waals surface area contributed by atoms with Crippen molar-refractivity contribution in [2.75, 3.05) is 11.4 Å². The molecule has 224 valence electrons. The lowest BCUT2D eigenvalue weighted by Gasteiger charge is -2.29. The third-order valence-electron chi connectivity index (χ3n) is 8.97. The highest BCUT2D eigenvalue weighted by atomic mass is 15.1. The van der Waals surface area contributed by atoms with Crippen molar-refractivity contribution in [3.05, 3.63) is 145 Å². The largest absolute Gasteiger partial charge is 0.341 e. The molecule has 0 spiro atoms. The number of anilines is 2. The van der Waals surface area contributed by atoms with Crippen LogP contribution < -0.4 is 4.90 Å². The van der Waals surface area contributed by atoms with Gasteiger partial charge in [-0.3, -0.25) is 0 Å². The third kappa shape index (κ3) is 5.45. The van der Waals surface area contributed by atoms with Crippen LogP contribution in [0.4, 0.5) is 17.2 Å². The van der Waals surface area contributed by atoms with Crippen molar-refractivity contribution < 1.29 is 0 Å². The van der Waals surface area contributed by atoms with Gasteiger partial charge in [-0.2, -0.15) is 0 Å². The molecule has 46 heavy (non-hydrogen) atoms. The van der Waals surface area contributed by atoms with Crippen LogP contribution in [0.1, 0.15) is 25.0 Å². The summed E-state index contributed by atoms with van der Waals surface area (Å²) in [6.45, 7) is 0.922. The predicted molar refractivity (Wildman–Crippen MR) is 192 cm³/mol. The number of aromatic nitrogens is 3. The Labute approximate surface area is 269 Å².